The molecule has 0 radical (unpaired) electrons. The molecule has 0 aliphatic rings. The Morgan fingerprint density at radius 3 is 2.43 bits per heavy atom. The number of halogens is 1. The molecule has 0 atom stereocenters. The third kappa shape index (κ3) is 3.75. The number of rotatable bonds is 5. The average molecular weight is 326 g/mol. The van der Waals surface area contributed by atoms with Gasteiger partial charge in [-0.15, -0.1) is 11.8 Å². The summed E-state index contributed by atoms with van der Waals surface area (Å²) in [6.45, 7) is -0.0579. The highest BCUT2D eigenvalue weighted by Gasteiger charge is 2.16. The fourth-order valence-electron chi connectivity index (χ4n) is 1.75. The summed E-state index contributed by atoms with van der Waals surface area (Å²) in [5, 5.41) is 0. The number of anilines is 1. The minimum atomic E-state index is -3.76. The van der Waals surface area contributed by atoms with E-state index in [1.807, 2.05) is 18.4 Å². The number of nitrogens with two attached hydrogens (primary N) is 1. The van der Waals surface area contributed by atoms with E-state index >= 15 is 0 Å². The predicted molar refractivity (Wildman–Crippen MR) is 83.3 cm³/mol. The van der Waals surface area contributed by atoms with Crippen LogP contribution in [0.1, 0.15) is 5.56 Å². The van der Waals surface area contributed by atoms with Crippen molar-refractivity contribution in [2.24, 2.45) is 5.73 Å². The lowest BCUT2D eigenvalue weighted by molar-refractivity contribution is 0.596. The van der Waals surface area contributed by atoms with Crippen molar-refractivity contribution < 1.29 is 12.8 Å². The minimum Gasteiger partial charge on any atom is -0.326 e. The summed E-state index contributed by atoms with van der Waals surface area (Å²) in [5.41, 5.74) is 6.00. The van der Waals surface area contributed by atoms with E-state index in [-0.39, 0.29) is 17.0 Å². The summed E-state index contributed by atoms with van der Waals surface area (Å²) < 4.78 is 40.3. The topological polar surface area (TPSA) is 72.2 Å². The zero-order valence-electron chi connectivity index (χ0n) is 11.3. The van der Waals surface area contributed by atoms with Crippen LogP contribution in [0.3, 0.4) is 0 Å². The highest BCUT2D eigenvalue weighted by molar-refractivity contribution is 7.98. The van der Waals surface area contributed by atoms with Gasteiger partial charge < -0.3 is 5.73 Å². The van der Waals surface area contributed by atoms with E-state index in [0.29, 0.717) is 5.69 Å². The molecule has 112 valence electrons. The standard InChI is InChI=1S/C14H15FN2O2S2/c1-20-12-4-2-11(3-5-12)17-21(18,19)13-6-7-14(15)10(8-13)9-16/h2-8,17H,9,16H2,1H3. The second-order valence-electron chi connectivity index (χ2n) is 4.29. The van der Waals surface area contributed by atoms with Crippen LogP contribution in [0, 0.1) is 5.82 Å². The number of sulfonamides is 1. The average Bonchev–Trinajstić information content (AvgIpc) is 2.48. The molecular weight excluding hydrogens is 311 g/mol. The van der Waals surface area contributed by atoms with Crippen molar-refractivity contribution in [1.82, 2.24) is 0 Å². The third-order valence-electron chi connectivity index (χ3n) is 2.89. The molecule has 0 fully saturated rings. The van der Waals surface area contributed by atoms with Crippen LogP contribution < -0.4 is 10.5 Å². The van der Waals surface area contributed by atoms with Gasteiger partial charge in [0.15, 0.2) is 0 Å². The first-order valence-corrected chi connectivity index (χ1v) is 8.82. The van der Waals surface area contributed by atoms with Crippen LogP contribution in [-0.2, 0) is 16.6 Å². The predicted octanol–water partition coefficient (Wildman–Crippen LogP) is 2.81. The summed E-state index contributed by atoms with van der Waals surface area (Å²) in [6, 6.07) is 10.6. The molecule has 0 aromatic heterocycles. The fraction of sp³-hybridized carbons (Fsp3) is 0.143. The maximum atomic E-state index is 13.4. The molecule has 0 unspecified atom stereocenters. The monoisotopic (exact) mass is 326 g/mol. The van der Waals surface area contributed by atoms with Gasteiger partial charge in [0.25, 0.3) is 10.0 Å². The highest BCUT2D eigenvalue weighted by atomic mass is 32.2. The van der Waals surface area contributed by atoms with Gasteiger partial charge in [-0.25, -0.2) is 12.8 Å². The molecule has 0 aliphatic carbocycles. The van der Waals surface area contributed by atoms with Gasteiger partial charge >= 0.3 is 0 Å². The summed E-state index contributed by atoms with van der Waals surface area (Å²) in [4.78, 5) is 1.02. The zero-order chi connectivity index (χ0) is 15.5. The molecule has 2 rings (SSSR count). The van der Waals surface area contributed by atoms with Crippen LogP contribution in [0.2, 0.25) is 0 Å². The van der Waals surface area contributed by atoms with Crippen LogP contribution in [-0.4, -0.2) is 14.7 Å². The van der Waals surface area contributed by atoms with Crippen LogP contribution in [0.25, 0.3) is 0 Å². The fourth-order valence-corrected chi connectivity index (χ4v) is 3.26. The van der Waals surface area contributed by atoms with Crippen molar-refractivity contribution in [3.05, 3.63) is 53.8 Å². The van der Waals surface area contributed by atoms with Crippen LogP contribution in [0.15, 0.2) is 52.3 Å². The number of nitrogens with one attached hydrogen (secondary N) is 1. The second kappa shape index (κ2) is 6.46. The Bertz CT molecular complexity index is 731. The smallest absolute Gasteiger partial charge is 0.261 e. The molecule has 0 heterocycles. The number of hydrogen-bond acceptors (Lipinski definition) is 4. The lowest BCUT2D eigenvalue weighted by Gasteiger charge is -2.10. The number of hydrogen-bond donors (Lipinski definition) is 2. The summed E-state index contributed by atoms with van der Waals surface area (Å²) >= 11 is 1.57. The molecule has 0 saturated carbocycles. The molecule has 3 N–H and O–H groups in total. The van der Waals surface area contributed by atoms with Crippen LogP contribution >= 0.6 is 11.8 Å². The molecule has 7 heteroatoms. The Labute approximate surface area is 127 Å². The molecule has 4 nitrogen and oxygen atoms in total. The second-order valence-corrected chi connectivity index (χ2v) is 6.85. The molecule has 0 saturated heterocycles. The normalized spacial score (nSPS) is 11.4. The first-order valence-electron chi connectivity index (χ1n) is 6.11. The van der Waals surface area contributed by atoms with Crippen LogP contribution in [0.5, 0.6) is 0 Å². The molecular formula is C14H15FN2O2S2. The van der Waals surface area contributed by atoms with E-state index in [9.17, 15) is 12.8 Å². The largest absolute Gasteiger partial charge is 0.326 e. The van der Waals surface area contributed by atoms with Crippen LogP contribution in [0.4, 0.5) is 10.1 Å². The third-order valence-corrected chi connectivity index (χ3v) is 5.01. The molecule has 2 aromatic rings. The first kappa shape index (κ1) is 15.8. The van der Waals surface area contributed by atoms with E-state index in [1.165, 1.54) is 12.1 Å². The van der Waals surface area contributed by atoms with Crippen molar-refractivity contribution in [3.63, 3.8) is 0 Å². The maximum absolute atomic E-state index is 13.4. The summed E-state index contributed by atoms with van der Waals surface area (Å²) in [6.07, 6.45) is 1.94. The minimum absolute atomic E-state index is 0.0155. The molecule has 2 aromatic carbocycles. The van der Waals surface area contributed by atoms with Crippen molar-refractivity contribution in [2.75, 3.05) is 11.0 Å². The lowest BCUT2D eigenvalue weighted by Crippen LogP contribution is -2.14. The van der Waals surface area contributed by atoms with Gasteiger partial charge in [-0.2, -0.15) is 0 Å². The van der Waals surface area contributed by atoms with E-state index in [4.69, 9.17) is 5.73 Å². The maximum Gasteiger partial charge on any atom is 0.261 e. The van der Waals surface area contributed by atoms with Gasteiger partial charge in [-0.1, -0.05) is 0 Å². The Morgan fingerprint density at radius 1 is 1.19 bits per heavy atom. The van der Waals surface area contributed by atoms with Gasteiger partial charge in [0.2, 0.25) is 0 Å². The van der Waals surface area contributed by atoms with E-state index in [0.717, 1.165) is 11.0 Å². The molecule has 21 heavy (non-hydrogen) atoms. The Balaban J connectivity index is 2.29. The van der Waals surface area contributed by atoms with E-state index in [2.05, 4.69) is 4.72 Å². The summed E-state index contributed by atoms with van der Waals surface area (Å²) in [5.74, 6) is -0.513. The molecule has 0 aliphatic heterocycles. The molecule has 0 bridgehead atoms. The van der Waals surface area contributed by atoms with Crippen molar-refractivity contribution in [1.29, 1.82) is 0 Å². The quantitative estimate of drug-likeness (QED) is 0.829. The Morgan fingerprint density at radius 2 is 1.86 bits per heavy atom. The first-order chi connectivity index (χ1) is 9.96. The van der Waals surface area contributed by atoms with Gasteiger partial charge in [0.05, 0.1) is 4.90 Å². The lowest BCUT2D eigenvalue weighted by atomic mass is 10.2. The van der Waals surface area contributed by atoms with E-state index in [1.54, 1.807) is 23.9 Å². The number of thioether (sulfide) groups is 1. The number of benzene rings is 2. The van der Waals surface area contributed by atoms with Crippen molar-refractivity contribution >= 4 is 27.5 Å². The highest BCUT2D eigenvalue weighted by Crippen LogP contribution is 2.21. The van der Waals surface area contributed by atoms with Gasteiger partial charge in [-0.05, 0) is 48.7 Å². The van der Waals surface area contributed by atoms with Crippen molar-refractivity contribution in [3.8, 4) is 0 Å². The van der Waals surface area contributed by atoms with Gasteiger partial charge in [0.1, 0.15) is 5.82 Å². The SMILES string of the molecule is CSc1ccc(NS(=O)(=O)c2ccc(F)c(CN)c2)cc1. The van der Waals surface area contributed by atoms with Gasteiger partial charge in [0, 0.05) is 22.7 Å². The van der Waals surface area contributed by atoms with Crippen molar-refractivity contribution in [2.45, 2.75) is 16.3 Å². The molecule has 0 amide bonds. The van der Waals surface area contributed by atoms with Gasteiger partial charge in [-0.3, -0.25) is 4.72 Å². The van der Waals surface area contributed by atoms with E-state index < -0.39 is 15.8 Å². The molecule has 0 spiro atoms. The Kier molecular flexibility index (Phi) is 4.87. The Hall–Kier alpha value is -1.57. The summed E-state index contributed by atoms with van der Waals surface area (Å²) in [7, 11) is -3.76. The zero-order valence-corrected chi connectivity index (χ0v) is 13.0.